The Balaban J connectivity index is 1.96. The zero-order valence-electron chi connectivity index (χ0n) is 21.0. The topological polar surface area (TPSA) is 84.9 Å². The third kappa shape index (κ3) is 5.95. The summed E-state index contributed by atoms with van der Waals surface area (Å²) in [6.07, 6.45) is 0. The number of carbonyl (C=O) groups is 1. The number of carbonyl (C=O) groups excluding carboxylic acids is 1. The number of sulfonamides is 1. The van der Waals surface area contributed by atoms with Gasteiger partial charge in [-0.1, -0.05) is 29.8 Å². The Labute approximate surface area is 207 Å². The van der Waals surface area contributed by atoms with Crippen molar-refractivity contribution in [2.75, 3.05) is 25.1 Å². The molecule has 0 heterocycles. The van der Waals surface area contributed by atoms with Crippen molar-refractivity contribution in [2.45, 2.75) is 38.6 Å². The summed E-state index contributed by atoms with van der Waals surface area (Å²) in [4.78, 5) is 13.3. The number of ether oxygens (including phenoxy) is 2. The maximum Gasteiger partial charge on any atom is 0.264 e. The van der Waals surface area contributed by atoms with Gasteiger partial charge in [0.05, 0.1) is 30.8 Å². The summed E-state index contributed by atoms with van der Waals surface area (Å²) in [6, 6.07) is 17.0. The zero-order valence-corrected chi connectivity index (χ0v) is 21.8. The van der Waals surface area contributed by atoms with E-state index in [0.717, 1.165) is 22.3 Å². The van der Waals surface area contributed by atoms with Gasteiger partial charge in [0.1, 0.15) is 18.0 Å². The molecule has 0 saturated heterocycles. The normalized spacial score (nSPS) is 12.1. The number of rotatable bonds is 9. The first-order valence-corrected chi connectivity index (χ1v) is 12.7. The van der Waals surface area contributed by atoms with Crippen LogP contribution in [0.2, 0.25) is 0 Å². The number of anilines is 1. The molecular formula is C27H32N2O5S. The highest BCUT2D eigenvalue weighted by Crippen LogP contribution is 2.30. The Morgan fingerprint density at radius 3 is 2.20 bits per heavy atom. The van der Waals surface area contributed by atoms with E-state index in [-0.39, 0.29) is 11.4 Å². The van der Waals surface area contributed by atoms with Crippen LogP contribution < -0.4 is 19.1 Å². The van der Waals surface area contributed by atoms with Gasteiger partial charge in [0.25, 0.3) is 10.0 Å². The van der Waals surface area contributed by atoms with Crippen molar-refractivity contribution in [1.82, 2.24) is 5.32 Å². The first-order chi connectivity index (χ1) is 16.6. The van der Waals surface area contributed by atoms with Crippen molar-refractivity contribution < 1.29 is 22.7 Å². The fraction of sp³-hybridized carbons (Fsp3) is 0.296. The van der Waals surface area contributed by atoms with Crippen LogP contribution in [-0.4, -0.2) is 35.1 Å². The second kappa shape index (κ2) is 10.8. The largest absolute Gasteiger partial charge is 0.497 e. The van der Waals surface area contributed by atoms with Crippen molar-refractivity contribution in [3.8, 4) is 11.5 Å². The Morgan fingerprint density at radius 2 is 1.57 bits per heavy atom. The van der Waals surface area contributed by atoms with Crippen LogP contribution in [0, 0.1) is 20.8 Å². The number of aryl methyl sites for hydroxylation is 3. The molecule has 3 aromatic rings. The number of benzene rings is 3. The lowest BCUT2D eigenvalue weighted by Crippen LogP contribution is -2.42. The molecule has 0 unspecified atom stereocenters. The van der Waals surface area contributed by atoms with Crippen molar-refractivity contribution in [1.29, 1.82) is 0 Å². The Kier molecular flexibility index (Phi) is 8.07. The Bertz CT molecular complexity index is 1300. The lowest BCUT2D eigenvalue weighted by molar-refractivity contribution is -0.120. The van der Waals surface area contributed by atoms with Crippen LogP contribution in [0.15, 0.2) is 65.6 Å². The smallest absolute Gasteiger partial charge is 0.264 e. The van der Waals surface area contributed by atoms with Gasteiger partial charge in [-0.25, -0.2) is 8.42 Å². The quantitative estimate of drug-likeness (QED) is 0.464. The summed E-state index contributed by atoms with van der Waals surface area (Å²) >= 11 is 0. The molecule has 0 aliphatic carbocycles. The molecule has 0 bridgehead atoms. The summed E-state index contributed by atoms with van der Waals surface area (Å²) in [5.41, 5.74) is 3.78. The Morgan fingerprint density at radius 1 is 0.914 bits per heavy atom. The molecule has 8 heteroatoms. The van der Waals surface area contributed by atoms with E-state index in [1.807, 2.05) is 39.8 Å². The molecule has 35 heavy (non-hydrogen) atoms. The maximum atomic E-state index is 13.7. The molecule has 1 amide bonds. The zero-order chi connectivity index (χ0) is 25.8. The SMILES string of the molecule is COc1ccc(OC)c([C@@H](C)NC(=O)CN(c2cc(C)ccc2C)S(=O)(=O)c2ccc(C)cc2)c1. The van der Waals surface area contributed by atoms with Gasteiger partial charge in [-0.3, -0.25) is 9.10 Å². The predicted octanol–water partition coefficient (Wildman–Crippen LogP) is 4.70. The van der Waals surface area contributed by atoms with Gasteiger partial charge in [-0.2, -0.15) is 0 Å². The molecule has 3 rings (SSSR count). The van der Waals surface area contributed by atoms with Crippen LogP contribution in [0.1, 0.15) is 35.2 Å². The lowest BCUT2D eigenvalue weighted by atomic mass is 10.1. The molecule has 3 aromatic carbocycles. The molecule has 0 fully saturated rings. The Hall–Kier alpha value is -3.52. The van der Waals surface area contributed by atoms with E-state index in [0.29, 0.717) is 17.2 Å². The van der Waals surface area contributed by atoms with Crippen molar-refractivity contribution in [3.63, 3.8) is 0 Å². The molecule has 0 radical (unpaired) electrons. The van der Waals surface area contributed by atoms with Gasteiger partial charge >= 0.3 is 0 Å². The lowest BCUT2D eigenvalue weighted by Gasteiger charge is -2.27. The first-order valence-electron chi connectivity index (χ1n) is 11.2. The van der Waals surface area contributed by atoms with Crippen LogP contribution in [-0.2, 0) is 14.8 Å². The van der Waals surface area contributed by atoms with Crippen LogP contribution in [0.4, 0.5) is 5.69 Å². The summed E-state index contributed by atoms with van der Waals surface area (Å²) in [7, 11) is -0.887. The van der Waals surface area contributed by atoms with E-state index < -0.39 is 22.0 Å². The summed E-state index contributed by atoms with van der Waals surface area (Å²) < 4.78 is 39.3. The monoisotopic (exact) mass is 496 g/mol. The third-order valence-corrected chi connectivity index (χ3v) is 7.58. The van der Waals surface area contributed by atoms with E-state index in [1.54, 1.807) is 62.8 Å². The van der Waals surface area contributed by atoms with Gasteiger partial charge in [0.15, 0.2) is 0 Å². The summed E-state index contributed by atoms with van der Waals surface area (Å²) in [5, 5.41) is 2.91. The highest BCUT2D eigenvalue weighted by Gasteiger charge is 2.29. The van der Waals surface area contributed by atoms with E-state index in [4.69, 9.17) is 9.47 Å². The standard InChI is InChI=1S/C27H32N2O5S/c1-18-8-12-23(13-9-18)35(31,32)29(25-15-19(2)7-10-20(25)3)17-27(30)28-21(4)24-16-22(33-5)11-14-26(24)34-6/h7-16,21H,17H2,1-6H3,(H,28,30)/t21-/m1/s1. The number of hydrogen-bond acceptors (Lipinski definition) is 5. The van der Waals surface area contributed by atoms with Gasteiger partial charge < -0.3 is 14.8 Å². The third-order valence-electron chi connectivity index (χ3n) is 5.81. The molecule has 0 spiro atoms. The number of nitrogens with one attached hydrogen (secondary N) is 1. The van der Waals surface area contributed by atoms with Gasteiger partial charge in [-0.05, 0) is 75.2 Å². The van der Waals surface area contributed by atoms with Crippen LogP contribution in [0.5, 0.6) is 11.5 Å². The maximum absolute atomic E-state index is 13.7. The molecule has 7 nitrogen and oxygen atoms in total. The average molecular weight is 497 g/mol. The van der Waals surface area contributed by atoms with Gasteiger partial charge in [0.2, 0.25) is 5.91 Å². The second-order valence-corrected chi connectivity index (χ2v) is 10.4. The van der Waals surface area contributed by atoms with Crippen LogP contribution in [0.25, 0.3) is 0 Å². The molecule has 0 aliphatic heterocycles. The minimum absolute atomic E-state index is 0.124. The van der Waals surface area contributed by atoms with Crippen molar-refractivity contribution >= 4 is 21.6 Å². The minimum atomic E-state index is -4.00. The second-order valence-electron chi connectivity index (χ2n) is 8.51. The van der Waals surface area contributed by atoms with Gasteiger partial charge in [-0.15, -0.1) is 0 Å². The fourth-order valence-electron chi connectivity index (χ4n) is 3.80. The molecule has 0 saturated carbocycles. The minimum Gasteiger partial charge on any atom is -0.497 e. The molecule has 0 aliphatic rings. The molecule has 0 aromatic heterocycles. The predicted molar refractivity (Wildman–Crippen MR) is 138 cm³/mol. The van der Waals surface area contributed by atoms with E-state index in [9.17, 15) is 13.2 Å². The highest BCUT2D eigenvalue weighted by atomic mass is 32.2. The van der Waals surface area contributed by atoms with Crippen molar-refractivity contribution in [3.05, 3.63) is 82.9 Å². The van der Waals surface area contributed by atoms with E-state index >= 15 is 0 Å². The fourth-order valence-corrected chi connectivity index (χ4v) is 5.28. The number of nitrogens with zero attached hydrogens (tertiary/aromatic N) is 1. The van der Waals surface area contributed by atoms with Crippen LogP contribution >= 0.6 is 0 Å². The molecule has 1 atom stereocenters. The molecule has 1 N–H and O–H groups in total. The summed E-state index contributed by atoms with van der Waals surface area (Å²) in [6.45, 7) is 7.04. The molecule has 186 valence electrons. The summed E-state index contributed by atoms with van der Waals surface area (Å²) in [5.74, 6) is 0.775. The van der Waals surface area contributed by atoms with Gasteiger partial charge in [0, 0.05) is 5.56 Å². The van der Waals surface area contributed by atoms with Crippen molar-refractivity contribution in [2.24, 2.45) is 0 Å². The van der Waals surface area contributed by atoms with E-state index in [1.165, 1.54) is 4.31 Å². The van der Waals surface area contributed by atoms with E-state index in [2.05, 4.69) is 5.32 Å². The highest BCUT2D eigenvalue weighted by molar-refractivity contribution is 7.92. The number of amides is 1. The van der Waals surface area contributed by atoms with Crippen LogP contribution in [0.3, 0.4) is 0 Å². The number of methoxy groups -OCH3 is 2. The first kappa shape index (κ1) is 26.1. The number of hydrogen-bond donors (Lipinski definition) is 1. The molecular weight excluding hydrogens is 464 g/mol. The average Bonchev–Trinajstić information content (AvgIpc) is 2.83.